The summed E-state index contributed by atoms with van der Waals surface area (Å²) in [6.07, 6.45) is 2.35. The van der Waals surface area contributed by atoms with Gasteiger partial charge in [0, 0.05) is 23.6 Å². The molecule has 82 valence electrons. The van der Waals surface area contributed by atoms with E-state index in [2.05, 4.69) is 24.3 Å². The molecule has 0 N–H and O–H groups in total. The summed E-state index contributed by atoms with van der Waals surface area (Å²) in [6.45, 7) is 1.73. The number of ether oxygens (including phenoxy) is 1. The minimum Gasteiger partial charge on any atom is -0.381 e. The number of benzene rings is 1. The molecule has 1 aromatic heterocycles. The summed E-state index contributed by atoms with van der Waals surface area (Å²) in [5.74, 6) is 0.485. The molecular formula is C14H15NO. The van der Waals surface area contributed by atoms with Gasteiger partial charge in [-0.15, -0.1) is 0 Å². The highest BCUT2D eigenvalue weighted by Crippen LogP contribution is 2.25. The molecule has 1 aliphatic rings. The Labute approximate surface area is 95.3 Å². The highest BCUT2D eigenvalue weighted by Gasteiger charge is 2.17. The van der Waals surface area contributed by atoms with Gasteiger partial charge in [-0.3, -0.25) is 4.98 Å². The van der Waals surface area contributed by atoms with E-state index in [4.69, 9.17) is 9.72 Å². The van der Waals surface area contributed by atoms with Crippen LogP contribution in [0.3, 0.4) is 0 Å². The van der Waals surface area contributed by atoms with Gasteiger partial charge in [-0.25, -0.2) is 0 Å². The van der Waals surface area contributed by atoms with Gasteiger partial charge in [0.25, 0.3) is 0 Å². The fraction of sp³-hybridized carbons (Fsp3) is 0.357. The Balaban J connectivity index is 1.97. The molecule has 0 saturated carbocycles. The van der Waals surface area contributed by atoms with Crippen LogP contribution in [0.2, 0.25) is 0 Å². The average Bonchev–Trinajstić information content (AvgIpc) is 2.39. The first kappa shape index (κ1) is 9.79. The molecule has 1 aliphatic heterocycles. The van der Waals surface area contributed by atoms with Gasteiger partial charge in [-0.2, -0.15) is 0 Å². The highest BCUT2D eigenvalue weighted by molar-refractivity contribution is 5.78. The number of aromatic nitrogens is 1. The summed E-state index contributed by atoms with van der Waals surface area (Å²) in [5.41, 5.74) is 2.27. The first-order valence-electron chi connectivity index (χ1n) is 5.87. The van der Waals surface area contributed by atoms with E-state index in [1.165, 1.54) is 17.5 Å². The number of nitrogens with zero attached hydrogens (tertiary/aromatic N) is 1. The van der Waals surface area contributed by atoms with Gasteiger partial charge >= 0.3 is 0 Å². The van der Waals surface area contributed by atoms with Crippen molar-refractivity contribution < 1.29 is 4.74 Å². The molecule has 0 radical (unpaired) electrons. The van der Waals surface area contributed by atoms with Crippen molar-refractivity contribution >= 4 is 10.9 Å². The molecule has 0 spiro atoms. The lowest BCUT2D eigenvalue weighted by molar-refractivity contribution is 0.0794. The summed E-state index contributed by atoms with van der Waals surface area (Å²) >= 11 is 0. The maximum absolute atomic E-state index is 5.51. The highest BCUT2D eigenvalue weighted by atomic mass is 16.5. The molecule has 1 atom stereocenters. The monoisotopic (exact) mass is 213 g/mol. The van der Waals surface area contributed by atoms with Crippen LogP contribution in [0.1, 0.15) is 24.5 Å². The third-order valence-corrected chi connectivity index (χ3v) is 3.20. The topological polar surface area (TPSA) is 22.1 Å². The Hall–Kier alpha value is -1.41. The Morgan fingerprint density at radius 3 is 2.94 bits per heavy atom. The Morgan fingerprint density at radius 2 is 2.06 bits per heavy atom. The first-order chi connectivity index (χ1) is 7.93. The number of hydrogen-bond acceptors (Lipinski definition) is 2. The van der Waals surface area contributed by atoms with Crippen LogP contribution in [-0.4, -0.2) is 18.2 Å². The van der Waals surface area contributed by atoms with Crippen LogP contribution in [0.5, 0.6) is 0 Å². The van der Waals surface area contributed by atoms with Crippen LogP contribution in [-0.2, 0) is 4.74 Å². The molecule has 0 unspecified atom stereocenters. The van der Waals surface area contributed by atoms with Crippen LogP contribution < -0.4 is 0 Å². The fourth-order valence-electron chi connectivity index (χ4n) is 2.28. The van der Waals surface area contributed by atoms with Crippen molar-refractivity contribution in [2.75, 3.05) is 13.2 Å². The predicted octanol–water partition coefficient (Wildman–Crippen LogP) is 3.13. The Bertz CT molecular complexity index is 489. The number of hydrogen-bond donors (Lipinski definition) is 0. The third-order valence-electron chi connectivity index (χ3n) is 3.20. The molecule has 2 heterocycles. The van der Waals surface area contributed by atoms with E-state index in [0.717, 1.165) is 25.2 Å². The van der Waals surface area contributed by atoms with Crippen molar-refractivity contribution in [3.05, 3.63) is 42.1 Å². The van der Waals surface area contributed by atoms with Gasteiger partial charge in [-0.1, -0.05) is 24.3 Å². The van der Waals surface area contributed by atoms with Crippen LogP contribution in [0.15, 0.2) is 36.4 Å². The van der Waals surface area contributed by atoms with Crippen LogP contribution in [0.4, 0.5) is 0 Å². The van der Waals surface area contributed by atoms with Crippen LogP contribution in [0, 0.1) is 0 Å². The van der Waals surface area contributed by atoms with Gasteiger partial charge in [0.05, 0.1) is 12.1 Å². The zero-order chi connectivity index (χ0) is 10.8. The van der Waals surface area contributed by atoms with Crippen molar-refractivity contribution in [2.45, 2.75) is 18.8 Å². The predicted molar refractivity (Wildman–Crippen MR) is 64.5 cm³/mol. The summed E-state index contributed by atoms with van der Waals surface area (Å²) in [6, 6.07) is 12.6. The summed E-state index contributed by atoms with van der Waals surface area (Å²) in [7, 11) is 0. The summed E-state index contributed by atoms with van der Waals surface area (Å²) < 4.78 is 5.51. The van der Waals surface area contributed by atoms with E-state index in [0.29, 0.717) is 5.92 Å². The van der Waals surface area contributed by atoms with Gasteiger partial charge in [0.2, 0.25) is 0 Å². The average molecular weight is 213 g/mol. The second-order valence-corrected chi connectivity index (χ2v) is 4.34. The second kappa shape index (κ2) is 4.22. The van der Waals surface area contributed by atoms with Crippen molar-refractivity contribution in [2.24, 2.45) is 0 Å². The SMILES string of the molecule is c1ccc2nc([C@H]3CCCOC3)ccc2c1. The van der Waals surface area contributed by atoms with E-state index in [1.54, 1.807) is 0 Å². The lowest BCUT2D eigenvalue weighted by atomic mass is 9.97. The standard InChI is InChI=1S/C14H15NO/c1-2-6-13-11(4-1)7-8-14(15-13)12-5-3-9-16-10-12/h1-2,4,6-8,12H,3,5,9-10H2/t12-/m0/s1. The molecule has 2 nitrogen and oxygen atoms in total. The van der Waals surface area contributed by atoms with E-state index in [-0.39, 0.29) is 0 Å². The maximum atomic E-state index is 5.51. The molecule has 1 saturated heterocycles. The number of para-hydroxylation sites is 1. The second-order valence-electron chi connectivity index (χ2n) is 4.34. The Morgan fingerprint density at radius 1 is 1.12 bits per heavy atom. The molecule has 16 heavy (non-hydrogen) atoms. The van der Waals surface area contributed by atoms with Gasteiger partial charge in [-0.05, 0) is 25.0 Å². The van der Waals surface area contributed by atoms with Crippen molar-refractivity contribution in [1.82, 2.24) is 4.98 Å². The molecule has 2 aromatic rings. The molecular weight excluding hydrogens is 198 g/mol. The van der Waals surface area contributed by atoms with E-state index in [9.17, 15) is 0 Å². The van der Waals surface area contributed by atoms with E-state index < -0.39 is 0 Å². The maximum Gasteiger partial charge on any atom is 0.0705 e. The van der Waals surface area contributed by atoms with Crippen molar-refractivity contribution in [1.29, 1.82) is 0 Å². The molecule has 2 heteroatoms. The third kappa shape index (κ3) is 1.81. The summed E-state index contributed by atoms with van der Waals surface area (Å²) in [5, 5.41) is 1.21. The Kier molecular flexibility index (Phi) is 2.58. The fourth-order valence-corrected chi connectivity index (χ4v) is 2.28. The summed E-state index contributed by atoms with van der Waals surface area (Å²) in [4.78, 5) is 4.72. The normalized spacial score (nSPS) is 21.1. The number of rotatable bonds is 1. The number of pyridine rings is 1. The van der Waals surface area contributed by atoms with Gasteiger partial charge in [0.15, 0.2) is 0 Å². The van der Waals surface area contributed by atoms with Gasteiger partial charge in [0.1, 0.15) is 0 Å². The van der Waals surface area contributed by atoms with Crippen LogP contribution in [0.25, 0.3) is 10.9 Å². The minimum atomic E-state index is 0.485. The molecule has 1 fully saturated rings. The molecule has 1 aromatic carbocycles. The first-order valence-corrected chi connectivity index (χ1v) is 5.87. The number of fused-ring (bicyclic) bond motifs is 1. The zero-order valence-corrected chi connectivity index (χ0v) is 9.23. The zero-order valence-electron chi connectivity index (χ0n) is 9.23. The van der Waals surface area contributed by atoms with Crippen molar-refractivity contribution in [3.63, 3.8) is 0 Å². The lowest BCUT2D eigenvalue weighted by Gasteiger charge is -2.21. The lowest BCUT2D eigenvalue weighted by Crippen LogP contribution is -2.16. The van der Waals surface area contributed by atoms with Gasteiger partial charge < -0.3 is 4.74 Å². The quantitative estimate of drug-likeness (QED) is 0.726. The largest absolute Gasteiger partial charge is 0.381 e. The molecule has 0 aliphatic carbocycles. The smallest absolute Gasteiger partial charge is 0.0705 e. The van der Waals surface area contributed by atoms with Crippen molar-refractivity contribution in [3.8, 4) is 0 Å². The van der Waals surface area contributed by atoms with Crippen LogP contribution >= 0.6 is 0 Å². The molecule has 0 amide bonds. The minimum absolute atomic E-state index is 0.485. The molecule has 3 rings (SSSR count). The van der Waals surface area contributed by atoms with E-state index >= 15 is 0 Å². The molecule has 0 bridgehead atoms. The van der Waals surface area contributed by atoms with E-state index in [1.807, 2.05) is 12.1 Å².